The first kappa shape index (κ1) is 13.3. The number of hydrogen-bond acceptors (Lipinski definition) is 4. The summed E-state index contributed by atoms with van der Waals surface area (Å²) in [6, 6.07) is 10.2. The Labute approximate surface area is 114 Å². The summed E-state index contributed by atoms with van der Waals surface area (Å²) in [7, 11) is -3.03. The van der Waals surface area contributed by atoms with Crippen LogP contribution < -0.4 is 5.32 Å². The molecule has 1 heterocycles. The third-order valence-electron chi connectivity index (χ3n) is 4.10. The first-order chi connectivity index (χ1) is 9.11. The van der Waals surface area contributed by atoms with E-state index in [1.807, 2.05) is 25.1 Å². The monoisotopic (exact) mass is 281 g/mol. The van der Waals surface area contributed by atoms with Gasteiger partial charge in [-0.05, 0) is 24.8 Å². The summed E-state index contributed by atoms with van der Waals surface area (Å²) in [5.41, 5.74) is 1.17. The van der Waals surface area contributed by atoms with Gasteiger partial charge in [-0.2, -0.15) is 0 Å². The molecule has 0 bridgehead atoms. The Hall–Kier alpha value is -0.670. The maximum absolute atomic E-state index is 12.8. The molecule has 0 amide bonds. The van der Waals surface area contributed by atoms with Crippen molar-refractivity contribution in [2.45, 2.75) is 31.6 Å². The molecule has 1 saturated carbocycles. The average molecular weight is 281 g/mol. The molecule has 1 N–H and O–H groups in total. The summed E-state index contributed by atoms with van der Waals surface area (Å²) in [5, 5.41) is 3.06. The topological polar surface area (TPSA) is 47.6 Å². The van der Waals surface area contributed by atoms with E-state index in [-0.39, 0.29) is 6.04 Å². The normalized spacial score (nSPS) is 41.4. The zero-order valence-electron chi connectivity index (χ0n) is 11.3. The van der Waals surface area contributed by atoms with Gasteiger partial charge in [-0.15, -0.1) is 0 Å². The van der Waals surface area contributed by atoms with Gasteiger partial charge in [0.1, 0.15) is 5.28 Å². The van der Waals surface area contributed by atoms with Crippen molar-refractivity contribution >= 4 is 7.60 Å². The molecule has 1 aromatic rings. The van der Waals surface area contributed by atoms with Gasteiger partial charge >= 0.3 is 7.60 Å². The molecule has 0 aromatic heterocycles. The lowest BCUT2D eigenvalue weighted by molar-refractivity contribution is 0.143. The number of nitrogens with one attached hydrogen (secondary N) is 1. The van der Waals surface area contributed by atoms with Crippen LogP contribution in [0.1, 0.15) is 31.9 Å². The number of rotatable bonds is 3. The fraction of sp³-hybridized carbons (Fsp3) is 0.571. The molecule has 3 rings (SSSR count). The number of benzene rings is 1. The summed E-state index contributed by atoms with van der Waals surface area (Å²) < 4.78 is 24.0. The van der Waals surface area contributed by atoms with Gasteiger partial charge < -0.3 is 9.05 Å². The third kappa shape index (κ3) is 2.07. The smallest absolute Gasteiger partial charge is 0.308 e. The van der Waals surface area contributed by atoms with Gasteiger partial charge in [0.15, 0.2) is 0 Å². The summed E-state index contributed by atoms with van der Waals surface area (Å²) in [5.74, 6) is 0.330. The van der Waals surface area contributed by atoms with Gasteiger partial charge in [-0.1, -0.05) is 37.3 Å². The van der Waals surface area contributed by atoms with E-state index in [1.54, 1.807) is 0 Å². The first-order valence-electron chi connectivity index (χ1n) is 6.83. The lowest BCUT2D eigenvalue weighted by atomic mass is 10.1. The minimum Gasteiger partial charge on any atom is -0.308 e. The van der Waals surface area contributed by atoms with Crippen molar-refractivity contribution in [2.24, 2.45) is 5.92 Å². The highest BCUT2D eigenvalue weighted by Crippen LogP contribution is 2.74. The Balaban J connectivity index is 1.84. The Bertz CT molecular complexity index is 507. The van der Waals surface area contributed by atoms with E-state index in [1.165, 1.54) is 5.56 Å². The molecule has 1 spiro atoms. The average Bonchev–Trinajstić information content (AvgIpc) is 3.07. The standard InChI is InChI=1S/C14H20NO3P/c1-3-17-19(16)14(9-11(14)2)15-13(10-18-19)12-7-5-4-6-8-12/h4-8,11,13,15H,3,9-10H2,1-2H3/t11-,13-,14-,19?/m0/s1. The second kappa shape index (κ2) is 4.71. The molecule has 1 unspecified atom stereocenters. The summed E-state index contributed by atoms with van der Waals surface area (Å²) in [6.45, 7) is 4.77. The van der Waals surface area contributed by atoms with Crippen molar-refractivity contribution < 1.29 is 13.6 Å². The highest BCUT2D eigenvalue weighted by Gasteiger charge is 2.68. The Morgan fingerprint density at radius 2 is 2.16 bits per heavy atom. The van der Waals surface area contributed by atoms with E-state index in [0.29, 0.717) is 19.1 Å². The van der Waals surface area contributed by atoms with Crippen molar-refractivity contribution in [3.05, 3.63) is 35.9 Å². The molecule has 4 atom stereocenters. The zero-order valence-corrected chi connectivity index (χ0v) is 12.2. The van der Waals surface area contributed by atoms with Crippen molar-refractivity contribution in [3.63, 3.8) is 0 Å². The predicted molar refractivity (Wildman–Crippen MR) is 74.0 cm³/mol. The SMILES string of the molecule is CCOP1(=O)OC[C@@H](c2ccccc2)N[C@@]12C[C@@H]2C. The molecule has 2 fully saturated rings. The Morgan fingerprint density at radius 1 is 1.47 bits per heavy atom. The summed E-state index contributed by atoms with van der Waals surface area (Å²) in [4.78, 5) is 0. The van der Waals surface area contributed by atoms with Gasteiger partial charge in [-0.3, -0.25) is 9.88 Å². The Kier molecular flexibility index (Phi) is 3.30. The van der Waals surface area contributed by atoms with Crippen molar-refractivity contribution in [1.82, 2.24) is 5.32 Å². The second-order valence-corrected chi connectivity index (χ2v) is 7.66. The molecule has 104 valence electrons. The molecule has 4 nitrogen and oxygen atoms in total. The van der Waals surface area contributed by atoms with E-state index in [9.17, 15) is 4.57 Å². The van der Waals surface area contributed by atoms with Crippen LogP contribution in [0.5, 0.6) is 0 Å². The van der Waals surface area contributed by atoms with Gasteiger partial charge in [0.25, 0.3) is 0 Å². The van der Waals surface area contributed by atoms with Crippen LogP contribution in [0.2, 0.25) is 0 Å². The van der Waals surface area contributed by atoms with E-state index in [0.717, 1.165) is 6.42 Å². The summed E-state index contributed by atoms with van der Waals surface area (Å²) >= 11 is 0. The fourth-order valence-corrected chi connectivity index (χ4v) is 5.46. The zero-order chi connectivity index (χ0) is 13.5. The van der Waals surface area contributed by atoms with Crippen molar-refractivity contribution in [3.8, 4) is 0 Å². The highest BCUT2D eigenvalue weighted by molar-refractivity contribution is 7.56. The van der Waals surface area contributed by atoms with E-state index >= 15 is 0 Å². The van der Waals surface area contributed by atoms with E-state index in [2.05, 4.69) is 24.4 Å². The molecule has 2 aliphatic rings. The van der Waals surface area contributed by atoms with Crippen LogP contribution >= 0.6 is 7.60 Å². The minimum atomic E-state index is -3.03. The molecule has 1 aliphatic carbocycles. The molecule has 0 radical (unpaired) electrons. The summed E-state index contributed by atoms with van der Waals surface area (Å²) in [6.07, 6.45) is 0.855. The maximum atomic E-state index is 12.8. The van der Waals surface area contributed by atoms with Crippen LogP contribution in [0, 0.1) is 5.92 Å². The van der Waals surface area contributed by atoms with Crippen LogP contribution in [-0.4, -0.2) is 18.5 Å². The Morgan fingerprint density at radius 3 is 2.74 bits per heavy atom. The predicted octanol–water partition coefficient (Wildman–Crippen LogP) is 3.31. The van der Waals surface area contributed by atoms with Gasteiger partial charge in [0.05, 0.1) is 19.3 Å². The first-order valence-corrected chi connectivity index (χ1v) is 8.37. The second-order valence-electron chi connectivity index (χ2n) is 5.35. The molecule has 19 heavy (non-hydrogen) atoms. The number of hydrogen-bond donors (Lipinski definition) is 1. The van der Waals surface area contributed by atoms with Crippen LogP contribution in [-0.2, 0) is 13.6 Å². The van der Waals surface area contributed by atoms with Gasteiger partial charge in [-0.25, -0.2) is 0 Å². The van der Waals surface area contributed by atoms with Gasteiger partial charge in [0.2, 0.25) is 0 Å². The quantitative estimate of drug-likeness (QED) is 0.863. The maximum Gasteiger partial charge on any atom is 0.350 e. The molecular weight excluding hydrogens is 261 g/mol. The molecular formula is C14H20NO3P. The van der Waals surface area contributed by atoms with Crippen LogP contribution in [0.4, 0.5) is 0 Å². The van der Waals surface area contributed by atoms with Crippen LogP contribution in [0.15, 0.2) is 30.3 Å². The highest BCUT2D eigenvalue weighted by atomic mass is 31.2. The largest absolute Gasteiger partial charge is 0.350 e. The van der Waals surface area contributed by atoms with Crippen LogP contribution in [0.25, 0.3) is 0 Å². The van der Waals surface area contributed by atoms with E-state index in [4.69, 9.17) is 9.05 Å². The van der Waals surface area contributed by atoms with Crippen LogP contribution in [0.3, 0.4) is 0 Å². The van der Waals surface area contributed by atoms with Gasteiger partial charge in [0, 0.05) is 0 Å². The third-order valence-corrected chi connectivity index (χ3v) is 6.91. The van der Waals surface area contributed by atoms with Crippen molar-refractivity contribution in [2.75, 3.05) is 13.2 Å². The molecule has 5 heteroatoms. The molecule has 1 saturated heterocycles. The van der Waals surface area contributed by atoms with Crippen molar-refractivity contribution in [1.29, 1.82) is 0 Å². The molecule has 1 aliphatic heterocycles. The molecule has 1 aromatic carbocycles. The lowest BCUT2D eigenvalue weighted by Gasteiger charge is -2.37. The minimum absolute atomic E-state index is 0.0914. The lowest BCUT2D eigenvalue weighted by Crippen LogP contribution is -2.43. The van der Waals surface area contributed by atoms with E-state index < -0.39 is 12.9 Å². The fourth-order valence-electron chi connectivity index (χ4n) is 2.89.